The van der Waals surface area contributed by atoms with Crippen molar-refractivity contribution in [3.8, 4) is 39.5 Å². The molecule has 3 aromatic heterocycles. The van der Waals surface area contributed by atoms with E-state index in [2.05, 4.69) is 130 Å². The van der Waals surface area contributed by atoms with Gasteiger partial charge in [0.25, 0.3) is 0 Å². The summed E-state index contributed by atoms with van der Waals surface area (Å²) in [4.78, 5) is 9.60. The summed E-state index contributed by atoms with van der Waals surface area (Å²) >= 11 is 0. The summed E-state index contributed by atoms with van der Waals surface area (Å²) in [6.45, 7) is 26.7. The minimum Gasteiger partial charge on any atom is -0.501 e. The Kier molecular flexibility index (Phi) is 12.3. The summed E-state index contributed by atoms with van der Waals surface area (Å²) in [5, 5.41) is 2.02. The Morgan fingerprint density at radius 1 is 0.667 bits per heavy atom. The minimum atomic E-state index is -1.40. The molecule has 0 aliphatic carbocycles. The van der Waals surface area contributed by atoms with Crippen molar-refractivity contribution in [3.05, 3.63) is 174 Å². The molecule has 3 heterocycles. The number of rotatable bonds is 7. The van der Waals surface area contributed by atoms with Crippen LogP contribution >= 0.6 is 0 Å². The van der Waals surface area contributed by atoms with Gasteiger partial charge in [-0.25, -0.2) is 0 Å². The van der Waals surface area contributed by atoms with Crippen LogP contribution < -0.4 is 0 Å². The van der Waals surface area contributed by atoms with Gasteiger partial charge in [0.05, 0.1) is 22.4 Å². The summed E-state index contributed by atoms with van der Waals surface area (Å²) in [5.41, 5.74) is 13.0. The average Bonchev–Trinajstić information content (AvgIpc) is 3.86. The van der Waals surface area contributed by atoms with Crippen molar-refractivity contribution in [3.63, 3.8) is 0 Å². The molecule has 66 heavy (non-hydrogen) atoms. The Balaban J connectivity index is 0.000000303. The van der Waals surface area contributed by atoms with Gasteiger partial charge >= 0.3 is 0 Å². The molecule has 9 aromatic rings. The van der Waals surface area contributed by atoms with Crippen LogP contribution in [0.4, 0.5) is 0 Å². The average molecular weight is 1050 g/mol. The molecule has 9 rings (SSSR count). The Labute approximate surface area is 412 Å². The van der Waals surface area contributed by atoms with E-state index in [0.717, 1.165) is 77.7 Å². The van der Waals surface area contributed by atoms with Crippen LogP contribution in [-0.4, -0.2) is 14.5 Å². The normalized spacial score (nSPS) is 13.7. The first-order valence-electron chi connectivity index (χ1n) is 24.7. The predicted octanol–water partition coefficient (Wildman–Crippen LogP) is 17.0. The summed E-state index contributed by atoms with van der Waals surface area (Å²) in [7, 11) is 0. The number of hydrogen-bond acceptors (Lipinski definition) is 3. The van der Waals surface area contributed by atoms with E-state index in [0.29, 0.717) is 17.0 Å². The van der Waals surface area contributed by atoms with Gasteiger partial charge < -0.3 is 14.0 Å². The van der Waals surface area contributed by atoms with Crippen molar-refractivity contribution in [1.82, 2.24) is 14.5 Å². The van der Waals surface area contributed by atoms with Crippen LogP contribution in [0.15, 0.2) is 138 Å². The largest absolute Gasteiger partial charge is 0.501 e. The fourth-order valence-corrected chi connectivity index (χ4v) is 8.35. The third-order valence-corrected chi connectivity index (χ3v) is 11.8. The zero-order valence-electron chi connectivity index (χ0n) is 44.8. The molecule has 0 fully saturated rings. The van der Waals surface area contributed by atoms with E-state index < -0.39 is 23.6 Å². The maximum absolute atomic E-state index is 9.42. The fourth-order valence-electron chi connectivity index (χ4n) is 8.35. The van der Waals surface area contributed by atoms with Gasteiger partial charge in [-0.15, -0.1) is 54.1 Å². The summed E-state index contributed by atoms with van der Waals surface area (Å²) in [6.07, 6.45) is 0.223. The molecule has 341 valence electrons. The first-order valence-corrected chi connectivity index (χ1v) is 22.7. The first-order chi connectivity index (χ1) is 32.1. The van der Waals surface area contributed by atoms with Crippen LogP contribution in [0.3, 0.4) is 0 Å². The van der Waals surface area contributed by atoms with Crippen LogP contribution in [0.1, 0.15) is 135 Å². The molecule has 4 nitrogen and oxygen atoms in total. The minimum absolute atomic E-state index is 0. The van der Waals surface area contributed by atoms with Crippen LogP contribution in [0, 0.1) is 17.5 Å². The van der Waals surface area contributed by atoms with E-state index in [1.165, 1.54) is 5.56 Å². The van der Waals surface area contributed by atoms with Crippen molar-refractivity contribution >= 4 is 33.0 Å². The molecule has 5 heteroatoms. The molecule has 0 unspecified atom stereocenters. The summed E-state index contributed by atoms with van der Waals surface area (Å²) < 4.78 is 44.2. The van der Waals surface area contributed by atoms with Gasteiger partial charge in [0.15, 0.2) is 0 Å². The van der Waals surface area contributed by atoms with Gasteiger partial charge in [0.2, 0.25) is 0 Å². The zero-order chi connectivity index (χ0) is 50.1. The van der Waals surface area contributed by atoms with Crippen molar-refractivity contribution in [2.24, 2.45) is 5.41 Å². The second kappa shape index (κ2) is 18.9. The topological polar surface area (TPSA) is 43.9 Å². The number of pyridine rings is 1. The molecule has 0 spiro atoms. The quantitative estimate of drug-likeness (QED) is 0.149. The standard InChI is InChI=1S/C45H47N2O.C16H18N.Ir/c1-27(2)36-25-32(45(8,9)10)26-37(28(3)4)41(36)47-39-17-12-11-16-38(39)46-43(47)35-15-13-14-34-33-23-20-30(24-40(33)48-42(34)35)29-18-21-31(22-19-29)44(5,6)7;1-16(2,3)11-13-9-10-15(17-12-13)14-7-5-4-6-8-14;/h11-14,16-28H,1-10H3;4-7,9-10,12H,11H2,1-3H3;/q2*-1;/i27D,28D;11D2;. The number of imidazole rings is 1. The smallest absolute Gasteiger partial charge is 0.121 e. The Morgan fingerprint density at radius 3 is 1.91 bits per heavy atom. The Bertz CT molecular complexity index is 3260. The molecule has 0 bridgehead atoms. The second-order valence-electron chi connectivity index (χ2n) is 20.7. The van der Waals surface area contributed by atoms with Crippen LogP contribution in [0.5, 0.6) is 0 Å². The van der Waals surface area contributed by atoms with Crippen molar-refractivity contribution in [1.29, 1.82) is 0 Å². The molecule has 6 aromatic carbocycles. The van der Waals surface area contributed by atoms with Gasteiger partial charge in [-0.1, -0.05) is 174 Å². The van der Waals surface area contributed by atoms with Crippen molar-refractivity contribution < 1.29 is 30.0 Å². The van der Waals surface area contributed by atoms with Crippen molar-refractivity contribution in [2.45, 2.75) is 119 Å². The summed E-state index contributed by atoms with van der Waals surface area (Å²) in [5.74, 6) is -1.25. The molecule has 0 saturated heterocycles. The second-order valence-corrected chi connectivity index (χ2v) is 20.7. The number of hydrogen-bond donors (Lipinski definition) is 0. The molecular formula is C61H65IrN3O-2. The van der Waals surface area contributed by atoms with E-state index in [-0.39, 0.29) is 30.9 Å². The zero-order valence-corrected chi connectivity index (χ0v) is 43.2. The number of para-hydroxylation sites is 2. The third-order valence-electron chi connectivity index (χ3n) is 11.8. The van der Waals surface area contributed by atoms with Gasteiger partial charge in [-0.2, -0.15) is 0 Å². The van der Waals surface area contributed by atoms with Crippen LogP contribution in [0.25, 0.3) is 72.4 Å². The van der Waals surface area contributed by atoms with Crippen molar-refractivity contribution in [2.75, 3.05) is 0 Å². The SMILES string of the molecule is [2H]C(C)(C)c1cc(C(C)(C)C)cc(C([2H])(C)C)c1-n1c(-c2[c-]ccc3c2oc2cc(-c4ccc(C(C)(C)C)cc4)ccc23)nc2ccccc21.[2H]C([2H])(c1ccc(-c2[c-]cccc2)nc1)C(C)(C)C.[Ir]. The van der Waals surface area contributed by atoms with E-state index in [1.54, 1.807) is 6.20 Å². The monoisotopic (exact) mass is 1050 g/mol. The number of aromatic nitrogens is 3. The Hall–Kier alpha value is -5.61. The van der Waals surface area contributed by atoms with E-state index in [1.807, 2.05) is 109 Å². The number of benzene rings is 6. The molecule has 0 amide bonds. The fraction of sp³-hybridized carbons (Fsp3) is 0.311. The van der Waals surface area contributed by atoms with Crippen LogP contribution in [-0.2, 0) is 37.3 Å². The predicted molar refractivity (Wildman–Crippen MR) is 275 cm³/mol. The van der Waals surface area contributed by atoms with E-state index in [4.69, 9.17) is 12.1 Å². The molecule has 1 radical (unpaired) electrons. The molecule has 0 saturated carbocycles. The number of furan rings is 1. The number of fused-ring (bicyclic) bond motifs is 4. The van der Waals surface area contributed by atoms with Gasteiger partial charge in [0, 0.05) is 42.9 Å². The van der Waals surface area contributed by atoms with E-state index >= 15 is 0 Å². The van der Waals surface area contributed by atoms with Crippen LogP contribution in [0.2, 0.25) is 0 Å². The van der Waals surface area contributed by atoms with Gasteiger partial charge in [0.1, 0.15) is 5.58 Å². The number of nitrogens with zero attached hydrogens (tertiary/aromatic N) is 3. The maximum atomic E-state index is 9.42. The molecular weight excluding hydrogens is 983 g/mol. The molecule has 0 aliphatic rings. The maximum Gasteiger partial charge on any atom is 0.121 e. The Morgan fingerprint density at radius 2 is 1.32 bits per heavy atom. The molecule has 0 aliphatic heterocycles. The molecule has 0 N–H and O–H groups in total. The van der Waals surface area contributed by atoms with Gasteiger partial charge in [-0.05, 0) is 97.2 Å². The van der Waals surface area contributed by atoms with E-state index in [9.17, 15) is 2.74 Å². The molecule has 0 atom stereocenters. The van der Waals surface area contributed by atoms with Gasteiger partial charge in [-0.3, -0.25) is 4.98 Å². The first kappa shape index (κ1) is 43.0. The summed E-state index contributed by atoms with van der Waals surface area (Å²) in [6, 6.07) is 49.6. The third kappa shape index (κ3) is 10.2.